The van der Waals surface area contributed by atoms with Crippen LogP contribution in [0.3, 0.4) is 0 Å². The summed E-state index contributed by atoms with van der Waals surface area (Å²) >= 11 is 0. The quantitative estimate of drug-likeness (QED) is 0.610. The van der Waals surface area contributed by atoms with E-state index in [1.54, 1.807) is 0 Å². The first-order chi connectivity index (χ1) is 10.3. The molecule has 1 aromatic carbocycles. The molecule has 112 valence electrons. The number of hydrogen-bond donors (Lipinski definition) is 0. The lowest BCUT2D eigenvalue weighted by molar-refractivity contribution is -0.175. The van der Waals surface area contributed by atoms with Gasteiger partial charge in [-0.05, 0) is 12.0 Å². The standard InChI is InChI=1S/C17H22N2O2/c1-2-9-18-10-6-11-19-15(12-18)16(17(19)20)21-13-14-7-4-3-5-8-14/h2-5,7-8,15-16H,1,6,9-13H2/t15-,16+/m0/s1. The van der Waals surface area contributed by atoms with Gasteiger partial charge in [0.2, 0.25) is 0 Å². The van der Waals surface area contributed by atoms with Gasteiger partial charge in [0.05, 0.1) is 12.6 Å². The molecule has 1 amide bonds. The predicted octanol–water partition coefficient (Wildman–Crippen LogP) is 1.67. The number of amides is 1. The molecule has 2 aliphatic heterocycles. The van der Waals surface area contributed by atoms with Crippen molar-refractivity contribution < 1.29 is 9.53 Å². The smallest absolute Gasteiger partial charge is 0.254 e. The zero-order valence-electron chi connectivity index (χ0n) is 12.3. The Bertz CT molecular complexity index is 503. The lowest BCUT2D eigenvalue weighted by Gasteiger charge is -2.46. The van der Waals surface area contributed by atoms with Crippen LogP contribution in [0.25, 0.3) is 0 Å². The van der Waals surface area contributed by atoms with E-state index in [1.807, 2.05) is 41.3 Å². The summed E-state index contributed by atoms with van der Waals surface area (Å²) < 4.78 is 5.88. The highest BCUT2D eigenvalue weighted by Crippen LogP contribution is 2.27. The Balaban J connectivity index is 1.60. The fourth-order valence-electron chi connectivity index (χ4n) is 3.15. The molecule has 0 aliphatic carbocycles. The molecule has 21 heavy (non-hydrogen) atoms. The maximum absolute atomic E-state index is 12.2. The molecule has 3 rings (SSSR count). The maximum Gasteiger partial charge on any atom is 0.254 e. The van der Waals surface area contributed by atoms with Crippen molar-refractivity contribution >= 4 is 5.91 Å². The van der Waals surface area contributed by atoms with Crippen molar-refractivity contribution in [2.24, 2.45) is 0 Å². The minimum atomic E-state index is -0.282. The van der Waals surface area contributed by atoms with E-state index in [4.69, 9.17) is 4.74 Å². The number of carbonyl (C=O) groups excluding carboxylic acids is 1. The van der Waals surface area contributed by atoms with Crippen molar-refractivity contribution in [3.05, 3.63) is 48.6 Å². The van der Waals surface area contributed by atoms with Gasteiger partial charge in [0.15, 0.2) is 6.10 Å². The Kier molecular flexibility index (Phi) is 4.36. The van der Waals surface area contributed by atoms with Crippen LogP contribution in [0.2, 0.25) is 0 Å². The van der Waals surface area contributed by atoms with Gasteiger partial charge in [-0.3, -0.25) is 9.69 Å². The van der Waals surface area contributed by atoms with E-state index >= 15 is 0 Å². The molecule has 2 heterocycles. The third kappa shape index (κ3) is 3.01. The van der Waals surface area contributed by atoms with Crippen molar-refractivity contribution in [3.63, 3.8) is 0 Å². The van der Waals surface area contributed by atoms with Gasteiger partial charge in [-0.1, -0.05) is 36.4 Å². The predicted molar refractivity (Wildman–Crippen MR) is 81.8 cm³/mol. The zero-order chi connectivity index (χ0) is 14.7. The lowest BCUT2D eigenvalue weighted by Crippen LogP contribution is -2.67. The van der Waals surface area contributed by atoms with E-state index in [-0.39, 0.29) is 18.1 Å². The van der Waals surface area contributed by atoms with Crippen molar-refractivity contribution in [2.45, 2.75) is 25.2 Å². The summed E-state index contributed by atoms with van der Waals surface area (Å²) in [6, 6.07) is 10.2. The van der Waals surface area contributed by atoms with E-state index < -0.39 is 0 Å². The van der Waals surface area contributed by atoms with Crippen molar-refractivity contribution in [1.82, 2.24) is 9.80 Å². The second-order valence-corrected chi connectivity index (χ2v) is 5.72. The second kappa shape index (κ2) is 6.41. The minimum absolute atomic E-state index is 0.149. The number of β-lactam (4-membered cyclic amide) rings is 1. The minimum Gasteiger partial charge on any atom is -0.361 e. The first-order valence-electron chi connectivity index (χ1n) is 7.59. The van der Waals surface area contributed by atoms with Crippen molar-refractivity contribution in [3.8, 4) is 0 Å². The summed E-state index contributed by atoms with van der Waals surface area (Å²) in [4.78, 5) is 16.5. The average molecular weight is 286 g/mol. The molecule has 0 aromatic heterocycles. The molecule has 2 fully saturated rings. The molecule has 1 aromatic rings. The van der Waals surface area contributed by atoms with Crippen molar-refractivity contribution in [1.29, 1.82) is 0 Å². The first kappa shape index (κ1) is 14.3. The van der Waals surface area contributed by atoms with Gasteiger partial charge in [0.1, 0.15) is 0 Å². The fourth-order valence-corrected chi connectivity index (χ4v) is 3.15. The summed E-state index contributed by atoms with van der Waals surface area (Å²) in [6.45, 7) is 7.95. The molecular weight excluding hydrogens is 264 g/mol. The monoisotopic (exact) mass is 286 g/mol. The number of fused-ring (bicyclic) bond motifs is 1. The molecule has 0 N–H and O–H groups in total. The molecule has 0 bridgehead atoms. The fraction of sp³-hybridized carbons (Fsp3) is 0.471. The molecule has 0 unspecified atom stereocenters. The van der Waals surface area contributed by atoms with E-state index in [0.717, 1.165) is 38.2 Å². The van der Waals surface area contributed by atoms with Gasteiger partial charge in [0.25, 0.3) is 5.91 Å². The number of ether oxygens (including phenoxy) is 1. The van der Waals surface area contributed by atoms with Crippen LogP contribution in [0.15, 0.2) is 43.0 Å². The summed E-state index contributed by atoms with van der Waals surface area (Å²) in [5.74, 6) is 0.149. The molecule has 0 radical (unpaired) electrons. The molecule has 2 aliphatic rings. The largest absolute Gasteiger partial charge is 0.361 e. The van der Waals surface area contributed by atoms with Gasteiger partial charge in [-0.15, -0.1) is 6.58 Å². The van der Waals surface area contributed by atoms with E-state index in [2.05, 4.69) is 11.5 Å². The maximum atomic E-state index is 12.2. The molecule has 4 heteroatoms. The van der Waals surface area contributed by atoms with Gasteiger partial charge >= 0.3 is 0 Å². The van der Waals surface area contributed by atoms with Gasteiger partial charge < -0.3 is 9.64 Å². The Morgan fingerprint density at radius 2 is 2.10 bits per heavy atom. The van der Waals surface area contributed by atoms with E-state index in [1.165, 1.54) is 0 Å². The Morgan fingerprint density at radius 3 is 2.86 bits per heavy atom. The van der Waals surface area contributed by atoms with Gasteiger partial charge in [-0.25, -0.2) is 0 Å². The summed E-state index contributed by atoms with van der Waals surface area (Å²) in [6.07, 6.45) is 2.67. The average Bonchev–Trinajstić information content (AvgIpc) is 2.69. The summed E-state index contributed by atoms with van der Waals surface area (Å²) in [5.41, 5.74) is 1.11. The summed E-state index contributed by atoms with van der Waals surface area (Å²) in [7, 11) is 0. The summed E-state index contributed by atoms with van der Waals surface area (Å²) in [5, 5.41) is 0. The third-order valence-corrected chi connectivity index (χ3v) is 4.25. The highest BCUT2D eigenvalue weighted by molar-refractivity contribution is 5.88. The van der Waals surface area contributed by atoms with E-state index in [0.29, 0.717) is 6.61 Å². The number of nitrogens with zero attached hydrogens (tertiary/aromatic N) is 2. The number of benzene rings is 1. The van der Waals surface area contributed by atoms with Crippen LogP contribution in [0, 0.1) is 0 Å². The highest BCUT2D eigenvalue weighted by Gasteiger charge is 2.49. The van der Waals surface area contributed by atoms with Crippen LogP contribution < -0.4 is 0 Å². The van der Waals surface area contributed by atoms with Crippen LogP contribution in [0.5, 0.6) is 0 Å². The molecule has 2 atom stereocenters. The van der Waals surface area contributed by atoms with E-state index in [9.17, 15) is 4.79 Å². The molecule has 2 saturated heterocycles. The lowest BCUT2D eigenvalue weighted by atomic mass is 9.97. The number of rotatable bonds is 5. The number of carbonyl (C=O) groups is 1. The molecular formula is C17H22N2O2. The third-order valence-electron chi connectivity index (χ3n) is 4.25. The molecule has 0 saturated carbocycles. The van der Waals surface area contributed by atoms with Crippen LogP contribution >= 0.6 is 0 Å². The SMILES string of the molecule is C=CCN1CCCN2C(=O)[C@H](OCc3ccccc3)[C@@H]2C1. The van der Waals surface area contributed by atoms with Crippen LogP contribution in [0.4, 0.5) is 0 Å². The molecule has 4 nitrogen and oxygen atoms in total. The van der Waals surface area contributed by atoms with Crippen LogP contribution in [-0.2, 0) is 16.1 Å². The first-order valence-corrected chi connectivity index (χ1v) is 7.59. The van der Waals surface area contributed by atoms with Gasteiger partial charge in [0, 0.05) is 26.2 Å². The zero-order valence-corrected chi connectivity index (χ0v) is 12.3. The topological polar surface area (TPSA) is 32.8 Å². The van der Waals surface area contributed by atoms with Gasteiger partial charge in [-0.2, -0.15) is 0 Å². The normalized spacial score (nSPS) is 25.9. The van der Waals surface area contributed by atoms with Crippen LogP contribution in [0.1, 0.15) is 12.0 Å². The Labute approximate surface area is 126 Å². The molecule has 0 spiro atoms. The van der Waals surface area contributed by atoms with Crippen molar-refractivity contribution in [2.75, 3.05) is 26.2 Å². The van der Waals surface area contributed by atoms with Crippen LogP contribution in [-0.4, -0.2) is 54.0 Å². The number of hydrogen-bond acceptors (Lipinski definition) is 3. The Hall–Kier alpha value is -1.65. The second-order valence-electron chi connectivity index (χ2n) is 5.72. The highest BCUT2D eigenvalue weighted by atomic mass is 16.5. The Morgan fingerprint density at radius 1 is 1.29 bits per heavy atom.